The van der Waals surface area contributed by atoms with Crippen LogP contribution in [0, 0.1) is 5.41 Å². The number of carbonyl (C=O) groups excluding carboxylic acids is 1. The summed E-state index contributed by atoms with van der Waals surface area (Å²) in [5.41, 5.74) is 1.08. The molecule has 2 saturated heterocycles. The number of rotatable bonds is 1. The predicted molar refractivity (Wildman–Crippen MR) is 66.7 cm³/mol. The molecule has 1 spiro atoms. The van der Waals surface area contributed by atoms with E-state index in [4.69, 9.17) is 0 Å². The van der Waals surface area contributed by atoms with Gasteiger partial charge >= 0.3 is 0 Å². The summed E-state index contributed by atoms with van der Waals surface area (Å²) < 4.78 is 0. The molecule has 0 unspecified atom stereocenters. The Morgan fingerprint density at radius 3 is 2.76 bits per heavy atom. The Bertz CT molecular complexity index is 409. The van der Waals surface area contributed by atoms with Crippen molar-refractivity contribution in [1.29, 1.82) is 0 Å². The monoisotopic (exact) mass is 230 g/mol. The lowest BCUT2D eigenvalue weighted by Gasteiger charge is -2.36. The van der Waals surface area contributed by atoms with Crippen molar-refractivity contribution in [2.75, 3.05) is 19.6 Å². The molecule has 3 heteroatoms. The fraction of sp³-hybridized carbons (Fsp3) is 0.500. The minimum atomic E-state index is -0.209. The summed E-state index contributed by atoms with van der Waals surface area (Å²) >= 11 is 0. The van der Waals surface area contributed by atoms with E-state index in [1.54, 1.807) is 0 Å². The molecule has 2 heterocycles. The van der Waals surface area contributed by atoms with Crippen LogP contribution in [0.2, 0.25) is 0 Å². The molecule has 17 heavy (non-hydrogen) atoms. The standard InChI is InChI=1S/C14H18N2O/c17-13-14(7-4-8-15-10-14)12(9-16-13)11-5-2-1-3-6-11/h1-3,5-6,12,15H,4,7-10H2,(H,16,17)/t12-,14+/m0/s1. The highest BCUT2D eigenvalue weighted by Gasteiger charge is 2.50. The highest BCUT2D eigenvalue weighted by Crippen LogP contribution is 2.44. The van der Waals surface area contributed by atoms with Gasteiger partial charge in [0.05, 0.1) is 5.41 Å². The summed E-state index contributed by atoms with van der Waals surface area (Å²) in [4.78, 5) is 12.2. The van der Waals surface area contributed by atoms with Gasteiger partial charge in [-0.1, -0.05) is 30.3 Å². The fourth-order valence-corrected chi connectivity index (χ4v) is 3.27. The molecule has 3 rings (SSSR count). The molecule has 2 atom stereocenters. The van der Waals surface area contributed by atoms with E-state index in [1.165, 1.54) is 5.56 Å². The first-order valence-corrected chi connectivity index (χ1v) is 6.37. The fourth-order valence-electron chi connectivity index (χ4n) is 3.27. The summed E-state index contributed by atoms with van der Waals surface area (Å²) in [5, 5.41) is 6.44. The largest absolute Gasteiger partial charge is 0.355 e. The second kappa shape index (κ2) is 4.15. The lowest BCUT2D eigenvalue weighted by molar-refractivity contribution is -0.129. The number of nitrogens with one attached hydrogen (secondary N) is 2. The van der Waals surface area contributed by atoms with Crippen molar-refractivity contribution in [2.24, 2.45) is 5.41 Å². The van der Waals surface area contributed by atoms with Crippen molar-refractivity contribution in [3.63, 3.8) is 0 Å². The summed E-state index contributed by atoms with van der Waals surface area (Å²) in [5.74, 6) is 0.558. The normalized spacial score (nSPS) is 32.7. The molecule has 1 aromatic carbocycles. The summed E-state index contributed by atoms with van der Waals surface area (Å²) in [7, 11) is 0. The molecule has 2 fully saturated rings. The first-order chi connectivity index (χ1) is 8.33. The van der Waals surface area contributed by atoms with Crippen LogP contribution < -0.4 is 10.6 Å². The third-order valence-corrected chi connectivity index (χ3v) is 4.20. The average Bonchev–Trinajstić information content (AvgIpc) is 2.69. The van der Waals surface area contributed by atoms with Crippen molar-refractivity contribution >= 4 is 5.91 Å². The molecule has 1 amide bonds. The molecule has 2 aliphatic heterocycles. The number of carbonyl (C=O) groups is 1. The molecule has 1 aromatic rings. The van der Waals surface area contributed by atoms with Gasteiger partial charge in [0.1, 0.15) is 0 Å². The molecule has 2 aliphatic rings. The van der Waals surface area contributed by atoms with Gasteiger partial charge in [-0.15, -0.1) is 0 Å². The van der Waals surface area contributed by atoms with Gasteiger partial charge in [0.25, 0.3) is 0 Å². The van der Waals surface area contributed by atoms with E-state index in [0.29, 0.717) is 5.92 Å². The van der Waals surface area contributed by atoms with Crippen molar-refractivity contribution in [3.8, 4) is 0 Å². The zero-order valence-electron chi connectivity index (χ0n) is 9.91. The molecular formula is C14H18N2O. The third-order valence-electron chi connectivity index (χ3n) is 4.20. The van der Waals surface area contributed by atoms with Crippen molar-refractivity contribution < 1.29 is 4.79 Å². The first kappa shape index (κ1) is 10.8. The Kier molecular flexibility index (Phi) is 2.63. The topological polar surface area (TPSA) is 41.1 Å². The second-order valence-electron chi connectivity index (χ2n) is 5.11. The Morgan fingerprint density at radius 1 is 1.24 bits per heavy atom. The van der Waals surface area contributed by atoms with Gasteiger partial charge in [0.15, 0.2) is 0 Å². The van der Waals surface area contributed by atoms with Gasteiger partial charge in [-0.05, 0) is 24.9 Å². The molecular weight excluding hydrogens is 212 g/mol. The Hall–Kier alpha value is -1.35. The lowest BCUT2D eigenvalue weighted by Crippen LogP contribution is -2.47. The van der Waals surface area contributed by atoms with Crippen LogP contribution in [0.5, 0.6) is 0 Å². The maximum Gasteiger partial charge on any atom is 0.228 e. The van der Waals surface area contributed by atoms with Gasteiger partial charge in [-0.3, -0.25) is 4.79 Å². The molecule has 0 aromatic heterocycles. The Labute approximate surface area is 102 Å². The maximum absolute atomic E-state index is 12.2. The van der Waals surface area contributed by atoms with Gasteiger partial charge in [0, 0.05) is 19.0 Å². The number of piperidine rings is 1. The smallest absolute Gasteiger partial charge is 0.228 e. The maximum atomic E-state index is 12.2. The van der Waals surface area contributed by atoms with Gasteiger partial charge in [-0.25, -0.2) is 0 Å². The Morgan fingerprint density at radius 2 is 2.06 bits per heavy atom. The van der Waals surface area contributed by atoms with Crippen LogP contribution >= 0.6 is 0 Å². The van der Waals surface area contributed by atoms with E-state index >= 15 is 0 Å². The van der Waals surface area contributed by atoms with Gasteiger partial charge in [0.2, 0.25) is 5.91 Å². The highest BCUT2D eigenvalue weighted by molar-refractivity contribution is 5.87. The van der Waals surface area contributed by atoms with Crippen molar-refractivity contribution in [3.05, 3.63) is 35.9 Å². The van der Waals surface area contributed by atoms with Crippen LogP contribution in [0.1, 0.15) is 24.3 Å². The third kappa shape index (κ3) is 1.65. The van der Waals surface area contributed by atoms with Gasteiger partial charge in [-0.2, -0.15) is 0 Å². The van der Waals surface area contributed by atoms with E-state index in [9.17, 15) is 4.79 Å². The molecule has 0 saturated carbocycles. The zero-order valence-corrected chi connectivity index (χ0v) is 9.91. The molecule has 2 N–H and O–H groups in total. The Balaban J connectivity index is 1.96. The first-order valence-electron chi connectivity index (χ1n) is 6.37. The van der Waals surface area contributed by atoms with Crippen LogP contribution in [0.25, 0.3) is 0 Å². The van der Waals surface area contributed by atoms with Crippen LogP contribution in [-0.4, -0.2) is 25.5 Å². The van der Waals surface area contributed by atoms with E-state index < -0.39 is 0 Å². The zero-order chi connectivity index (χ0) is 11.7. The second-order valence-corrected chi connectivity index (χ2v) is 5.11. The minimum Gasteiger partial charge on any atom is -0.355 e. The highest BCUT2D eigenvalue weighted by atomic mass is 16.2. The van der Waals surface area contributed by atoms with Crippen molar-refractivity contribution in [1.82, 2.24) is 10.6 Å². The van der Waals surface area contributed by atoms with E-state index in [0.717, 1.165) is 32.5 Å². The van der Waals surface area contributed by atoms with Crippen LogP contribution in [-0.2, 0) is 4.79 Å². The predicted octanol–water partition coefficient (Wildman–Crippen LogP) is 1.27. The average molecular weight is 230 g/mol. The lowest BCUT2D eigenvalue weighted by atomic mass is 9.69. The molecule has 90 valence electrons. The summed E-state index contributed by atoms with van der Waals surface area (Å²) in [6.45, 7) is 2.64. The van der Waals surface area contributed by atoms with E-state index in [2.05, 4.69) is 34.9 Å². The number of hydrogen-bond acceptors (Lipinski definition) is 2. The number of benzene rings is 1. The van der Waals surface area contributed by atoms with Crippen molar-refractivity contribution in [2.45, 2.75) is 18.8 Å². The van der Waals surface area contributed by atoms with E-state index in [-0.39, 0.29) is 11.3 Å². The molecule has 0 radical (unpaired) electrons. The summed E-state index contributed by atoms with van der Waals surface area (Å²) in [6, 6.07) is 10.4. The SMILES string of the molecule is O=C1NC[C@@H](c2ccccc2)[C@]12CCCNC2. The molecule has 0 aliphatic carbocycles. The van der Waals surface area contributed by atoms with Crippen LogP contribution in [0.3, 0.4) is 0 Å². The number of hydrogen-bond donors (Lipinski definition) is 2. The molecule has 3 nitrogen and oxygen atoms in total. The quantitative estimate of drug-likeness (QED) is 0.763. The van der Waals surface area contributed by atoms with Crippen LogP contribution in [0.4, 0.5) is 0 Å². The molecule has 0 bridgehead atoms. The van der Waals surface area contributed by atoms with E-state index in [1.807, 2.05) is 6.07 Å². The van der Waals surface area contributed by atoms with Crippen LogP contribution in [0.15, 0.2) is 30.3 Å². The summed E-state index contributed by atoms with van der Waals surface area (Å²) in [6.07, 6.45) is 2.10. The minimum absolute atomic E-state index is 0.209. The number of amides is 1. The van der Waals surface area contributed by atoms with Gasteiger partial charge < -0.3 is 10.6 Å².